The molecule has 3 rings (SSSR count). The van der Waals surface area contributed by atoms with Gasteiger partial charge in [-0.05, 0) is 44.9 Å². The second-order valence-electron chi connectivity index (χ2n) is 8.42. The summed E-state index contributed by atoms with van der Waals surface area (Å²) in [6, 6.07) is 2.55. The SMILES string of the molecule is CCC(NC1CCCC1)C(N[SiH3])(NC1CCCC1)NC1CCCC1. The lowest BCUT2D eigenvalue weighted by atomic mass is 10.0. The first-order chi connectivity index (χ1) is 11.8. The highest BCUT2D eigenvalue weighted by atomic mass is 28.2. The van der Waals surface area contributed by atoms with Crippen LogP contribution in [-0.2, 0) is 0 Å². The highest BCUT2D eigenvalue weighted by Crippen LogP contribution is 2.26. The molecule has 0 heterocycles. The Morgan fingerprint density at radius 3 is 1.58 bits per heavy atom. The summed E-state index contributed by atoms with van der Waals surface area (Å²) in [5, 5.41) is 12.2. The summed E-state index contributed by atoms with van der Waals surface area (Å²) in [6.07, 6.45) is 17.7. The molecule has 0 aromatic heterocycles. The van der Waals surface area contributed by atoms with E-state index in [1.165, 1.54) is 83.5 Å². The highest BCUT2D eigenvalue weighted by molar-refractivity contribution is 6.04. The molecule has 0 radical (unpaired) electrons. The van der Waals surface area contributed by atoms with Crippen LogP contribution in [0.25, 0.3) is 0 Å². The van der Waals surface area contributed by atoms with Crippen molar-refractivity contribution in [1.29, 1.82) is 0 Å². The molecule has 0 spiro atoms. The van der Waals surface area contributed by atoms with E-state index in [-0.39, 0.29) is 5.79 Å². The fourth-order valence-electron chi connectivity index (χ4n) is 5.27. The zero-order chi connectivity index (χ0) is 16.8. The Morgan fingerprint density at radius 2 is 1.21 bits per heavy atom. The summed E-state index contributed by atoms with van der Waals surface area (Å²) in [5.74, 6) is -0.104. The molecule has 3 aliphatic rings. The lowest BCUT2D eigenvalue weighted by Crippen LogP contribution is -2.78. The third-order valence-electron chi connectivity index (χ3n) is 6.69. The Labute approximate surface area is 152 Å². The molecule has 5 heteroatoms. The summed E-state index contributed by atoms with van der Waals surface area (Å²) in [7, 11) is 1.01. The van der Waals surface area contributed by atoms with E-state index < -0.39 is 0 Å². The van der Waals surface area contributed by atoms with Crippen LogP contribution in [0.2, 0.25) is 0 Å². The maximum atomic E-state index is 4.08. The summed E-state index contributed by atoms with van der Waals surface area (Å²) in [6.45, 7) is 2.35. The summed E-state index contributed by atoms with van der Waals surface area (Å²) < 4.78 is 0. The predicted molar refractivity (Wildman–Crippen MR) is 106 cm³/mol. The standard InChI is InChI=1S/C19H40N4Si/c1-2-18(20-15-9-3-4-10-15)19(23-24,21-16-11-5-6-12-16)22-17-13-7-8-14-17/h15-18,20-23H,2-14H2,1,24H3. The van der Waals surface area contributed by atoms with Gasteiger partial charge in [0.1, 0.15) is 5.79 Å². The molecule has 3 fully saturated rings. The Bertz CT molecular complexity index is 342. The van der Waals surface area contributed by atoms with E-state index in [1.807, 2.05) is 0 Å². The van der Waals surface area contributed by atoms with Crippen molar-refractivity contribution in [1.82, 2.24) is 20.9 Å². The van der Waals surface area contributed by atoms with Crippen molar-refractivity contribution >= 4 is 10.4 Å². The molecule has 3 aliphatic carbocycles. The molecule has 4 N–H and O–H groups in total. The molecule has 0 aromatic rings. The second-order valence-corrected chi connectivity index (χ2v) is 8.92. The van der Waals surface area contributed by atoms with Gasteiger partial charge in [-0.2, -0.15) is 0 Å². The molecule has 0 bridgehead atoms. The van der Waals surface area contributed by atoms with Crippen molar-refractivity contribution in [2.24, 2.45) is 0 Å². The first-order valence-corrected chi connectivity index (χ1v) is 11.8. The maximum absolute atomic E-state index is 4.08. The summed E-state index contributed by atoms with van der Waals surface area (Å²) >= 11 is 0. The Balaban J connectivity index is 1.73. The first kappa shape index (κ1) is 18.8. The van der Waals surface area contributed by atoms with E-state index in [0.29, 0.717) is 18.1 Å². The molecule has 1 atom stereocenters. The predicted octanol–water partition coefficient (Wildman–Crippen LogP) is 1.89. The summed E-state index contributed by atoms with van der Waals surface area (Å²) in [4.78, 5) is 3.85. The molecule has 4 nitrogen and oxygen atoms in total. The van der Waals surface area contributed by atoms with E-state index >= 15 is 0 Å². The van der Waals surface area contributed by atoms with Gasteiger partial charge in [0.2, 0.25) is 0 Å². The number of hydrogen-bond donors (Lipinski definition) is 4. The van der Waals surface area contributed by atoms with Crippen LogP contribution in [-0.4, -0.2) is 40.4 Å². The Hall–Kier alpha value is 0.0569. The monoisotopic (exact) mass is 352 g/mol. The molecular formula is C19H40N4Si. The van der Waals surface area contributed by atoms with Crippen molar-refractivity contribution in [3.05, 3.63) is 0 Å². The number of nitrogens with one attached hydrogen (secondary N) is 4. The molecule has 0 amide bonds. The lowest BCUT2D eigenvalue weighted by Gasteiger charge is -2.47. The largest absolute Gasteiger partial charge is 0.315 e. The number of hydrogen-bond acceptors (Lipinski definition) is 4. The van der Waals surface area contributed by atoms with Crippen molar-refractivity contribution in [2.45, 2.75) is 120 Å². The van der Waals surface area contributed by atoms with Crippen molar-refractivity contribution in [3.8, 4) is 0 Å². The zero-order valence-electron chi connectivity index (χ0n) is 16.0. The molecule has 1 unspecified atom stereocenters. The van der Waals surface area contributed by atoms with Crippen LogP contribution in [0.15, 0.2) is 0 Å². The van der Waals surface area contributed by atoms with Crippen LogP contribution in [0, 0.1) is 0 Å². The van der Waals surface area contributed by atoms with Crippen LogP contribution in [0.1, 0.15) is 90.4 Å². The topological polar surface area (TPSA) is 48.1 Å². The smallest absolute Gasteiger partial charge is 0.133 e. The van der Waals surface area contributed by atoms with Gasteiger partial charge in [-0.3, -0.25) is 10.6 Å². The average molecular weight is 353 g/mol. The number of rotatable bonds is 9. The fourth-order valence-corrected chi connectivity index (χ4v) is 5.91. The fraction of sp³-hybridized carbons (Fsp3) is 1.00. The van der Waals surface area contributed by atoms with Gasteiger partial charge in [0.15, 0.2) is 0 Å². The molecule has 3 saturated carbocycles. The Morgan fingerprint density at radius 1 is 0.792 bits per heavy atom. The quantitative estimate of drug-likeness (QED) is 0.378. The first-order valence-electron chi connectivity index (χ1n) is 10.8. The van der Waals surface area contributed by atoms with E-state index in [2.05, 4.69) is 27.9 Å². The van der Waals surface area contributed by atoms with E-state index in [0.717, 1.165) is 16.4 Å². The van der Waals surface area contributed by atoms with Gasteiger partial charge in [-0.15, -0.1) is 0 Å². The van der Waals surface area contributed by atoms with Crippen LogP contribution < -0.4 is 20.9 Å². The van der Waals surface area contributed by atoms with Gasteiger partial charge in [0.05, 0.1) is 16.4 Å². The minimum absolute atomic E-state index is 0.104. The van der Waals surface area contributed by atoms with Gasteiger partial charge in [-0.1, -0.05) is 45.4 Å². The highest BCUT2D eigenvalue weighted by Gasteiger charge is 2.41. The molecule has 0 aromatic carbocycles. The molecule has 140 valence electrons. The zero-order valence-corrected chi connectivity index (χ0v) is 18.0. The Kier molecular flexibility index (Phi) is 7.16. The molecule has 0 aliphatic heterocycles. The average Bonchev–Trinajstić information content (AvgIpc) is 3.35. The van der Waals surface area contributed by atoms with Gasteiger partial charge in [-0.25, -0.2) is 0 Å². The van der Waals surface area contributed by atoms with Gasteiger partial charge < -0.3 is 10.3 Å². The van der Waals surface area contributed by atoms with E-state index in [9.17, 15) is 0 Å². The molecule has 24 heavy (non-hydrogen) atoms. The van der Waals surface area contributed by atoms with Gasteiger partial charge in [0.25, 0.3) is 0 Å². The summed E-state index contributed by atoms with van der Waals surface area (Å²) in [5.41, 5.74) is 0. The van der Waals surface area contributed by atoms with Crippen LogP contribution in [0.5, 0.6) is 0 Å². The second kappa shape index (κ2) is 9.13. The lowest BCUT2D eigenvalue weighted by molar-refractivity contribution is 0.118. The molecular weight excluding hydrogens is 312 g/mol. The van der Waals surface area contributed by atoms with Gasteiger partial charge in [0, 0.05) is 18.1 Å². The van der Waals surface area contributed by atoms with E-state index in [4.69, 9.17) is 0 Å². The van der Waals surface area contributed by atoms with Crippen molar-refractivity contribution in [3.63, 3.8) is 0 Å². The molecule has 0 saturated heterocycles. The van der Waals surface area contributed by atoms with Crippen LogP contribution in [0.4, 0.5) is 0 Å². The normalized spacial score (nSPS) is 25.9. The van der Waals surface area contributed by atoms with Crippen LogP contribution >= 0.6 is 0 Å². The van der Waals surface area contributed by atoms with Gasteiger partial charge >= 0.3 is 0 Å². The third-order valence-corrected chi connectivity index (χ3v) is 7.48. The third kappa shape index (κ3) is 4.61. The van der Waals surface area contributed by atoms with Crippen molar-refractivity contribution < 1.29 is 0 Å². The minimum Gasteiger partial charge on any atom is -0.315 e. The van der Waals surface area contributed by atoms with Crippen LogP contribution in [0.3, 0.4) is 0 Å². The maximum Gasteiger partial charge on any atom is 0.133 e. The van der Waals surface area contributed by atoms with Crippen molar-refractivity contribution in [2.75, 3.05) is 0 Å². The minimum atomic E-state index is -0.104. The van der Waals surface area contributed by atoms with E-state index in [1.54, 1.807) is 0 Å².